The number of fused-ring (bicyclic) bond motifs is 1. The van der Waals surface area contributed by atoms with Gasteiger partial charge in [0.1, 0.15) is 34.4 Å². The number of nitrogens with one attached hydrogen (secondary N) is 1. The van der Waals surface area contributed by atoms with Gasteiger partial charge in [-0.2, -0.15) is 10.2 Å². The van der Waals surface area contributed by atoms with E-state index in [1.165, 1.54) is 10.5 Å². The first kappa shape index (κ1) is 24.2. The summed E-state index contributed by atoms with van der Waals surface area (Å²) in [5.41, 5.74) is 1.76. The molecule has 0 saturated carbocycles. The lowest BCUT2D eigenvalue weighted by Crippen LogP contribution is -2.20. The lowest BCUT2D eigenvalue weighted by atomic mass is 10.1. The fourth-order valence-electron chi connectivity index (χ4n) is 3.56. The highest BCUT2D eigenvalue weighted by Crippen LogP contribution is 2.27. The highest BCUT2D eigenvalue weighted by Gasteiger charge is 2.18. The molecule has 0 fully saturated rings. The average molecular weight is 481 g/mol. The molecule has 8 heteroatoms. The number of ether oxygens (including phenoxy) is 2. The van der Waals surface area contributed by atoms with E-state index in [2.05, 4.69) is 10.3 Å². The summed E-state index contributed by atoms with van der Waals surface area (Å²) in [6.07, 6.45) is 2.79. The molecule has 2 aromatic heterocycles. The van der Waals surface area contributed by atoms with Crippen LogP contribution in [-0.2, 0) is 4.79 Å². The molecule has 4 aromatic rings. The van der Waals surface area contributed by atoms with Crippen LogP contribution in [0.25, 0.3) is 11.7 Å². The predicted octanol–water partition coefficient (Wildman–Crippen LogP) is 5.05. The van der Waals surface area contributed by atoms with E-state index in [0.29, 0.717) is 29.4 Å². The second kappa shape index (κ2) is 10.6. The Labute approximate surface area is 208 Å². The van der Waals surface area contributed by atoms with Crippen LogP contribution in [0.2, 0.25) is 0 Å². The summed E-state index contributed by atoms with van der Waals surface area (Å²) in [6.45, 7) is 6.10. The van der Waals surface area contributed by atoms with Gasteiger partial charge in [-0.05, 0) is 74.4 Å². The van der Waals surface area contributed by atoms with Gasteiger partial charge in [0.05, 0.1) is 6.61 Å². The van der Waals surface area contributed by atoms with E-state index < -0.39 is 11.5 Å². The van der Waals surface area contributed by atoms with E-state index in [1.807, 2.05) is 51.1 Å². The van der Waals surface area contributed by atoms with Crippen molar-refractivity contribution < 1.29 is 14.3 Å². The Morgan fingerprint density at radius 2 is 1.81 bits per heavy atom. The van der Waals surface area contributed by atoms with Crippen LogP contribution in [-0.4, -0.2) is 21.9 Å². The molecule has 0 bridgehead atoms. The highest BCUT2D eigenvalue weighted by atomic mass is 16.5. The van der Waals surface area contributed by atoms with Gasteiger partial charge in [-0.1, -0.05) is 24.3 Å². The van der Waals surface area contributed by atoms with E-state index in [1.54, 1.807) is 42.6 Å². The maximum absolute atomic E-state index is 13.5. The molecule has 0 atom stereocenters. The third kappa shape index (κ3) is 5.10. The van der Waals surface area contributed by atoms with Crippen molar-refractivity contribution >= 4 is 23.3 Å². The zero-order valence-electron chi connectivity index (χ0n) is 20.1. The van der Waals surface area contributed by atoms with Crippen molar-refractivity contribution in [1.82, 2.24) is 9.38 Å². The van der Waals surface area contributed by atoms with Crippen LogP contribution in [0.1, 0.15) is 23.6 Å². The van der Waals surface area contributed by atoms with Crippen LogP contribution >= 0.6 is 0 Å². The largest absolute Gasteiger partial charge is 0.494 e. The third-order valence-electron chi connectivity index (χ3n) is 5.43. The number of amides is 1. The van der Waals surface area contributed by atoms with Gasteiger partial charge in [0.15, 0.2) is 0 Å². The number of nitriles is 1. The number of hydrogen-bond donors (Lipinski definition) is 1. The van der Waals surface area contributed by atoms with Crippen LogP contribution < -0.4 is 20.3 Å². The quantitative estimate of drug-likeness (QED) is 0.293. The second-order valence-electron chi connectivity index (χ2n) is 7.97. The molecule has 0 aliphatic carbocycles. The molecule has 1 N–H and O–H groups in total. The topological polar surface area (TPSA) is 106 Å². The van der Waals surface area contributed by atoms with Crippen LogP contribution in [0.5, 0.6) is 17.4 Å². The summed E-state index contributed by atoms with van der Waals surface area (Å²) in [6, 6.07) is 19.5. The van der Waals surface area contributed by atoms with Crippen LogP contribution in [0, 0.1) is 25.2 Å². The fraction of sp³-hybridized carbons (Fsp3) is 0.143. The van der Waals surface area contributed by atoms with Crippen molar-refractivity contribution in [1.29, 1.82) is 5.26 Å². The van der Waals surface area contributed by atoms with E-state index in [-0.39, 0.29) is 17.0 Å². The zero-order valence-corrected chi connectivity index (χ0v) is 20.1. The van der Waals surface area contributed by atoms with Crippen LogP contribution in [0.3, 0.4) is 0 Å². The number of carbonyl (C=O) groups excluding carboxylic acids is 1. The van der Waals surface area contributed by atoms with E-state index in [4.69, 9.17) is 9.47 Å². The average Bonchev–Trinajstić information content (AvgIpc) is 2.87. The predicted molar refractivity (Wildman–Crippen MR) is 137 cm³/mol. The van der Waals surface area contributed by atoms with Crippen molar-refractivity contribution in [2.75, 3.05) is 11.9 Å². The van der Waals surface area contributed by atoms with Gasteiger partial charge in [0, 0.05) is 11.9 Å². The molecule has 0 spiro atoms. The van der Waals surface area contributed by atoms with E-state index in [9.17, 15) is 14.9 Å². The number of aryl methyl sites for hydroxylation is 2. The Balaban J connectivity index is 1.78. The lowest BCUT2D eigenvalue weighted by Gasteiger charge is -2.13. The summed E-state index contributed by atoms with van der Waals surface area (Å²) >= 11 is 0. The summed E-state index contributed by atoms with van der Waals surface area (Å²) in [5.74, 6) is 0.506. The van der Waals surface area contributed by atoms with Gasteiger partial charge in [-0.25, -0.2) is 0 Å². The number of nitrogens with zero attached hydrogens (tertiary/aromatic N) is 3. The normalized spacial score (nSPS) is 11.1. The van der Waals surface area contributed by atoms with Gasteiger partial charge in [0.2, 0.25) is 5.88 Å². The van der Waals surface area contributed by atoms with Crippen molar-refractivity contribution in [3.8, 4) is 23.4 Å². The SMILES string of the molecule is CCOc1ccc(NC(=O)C(C#N)=Cc2c(Oc3ccccc3C)nc3c(C)cccn3c2=O)cc1. The molecule has 2 heterocycles. The molecule has 8 nitrogen and oxygen atoms in total. The summed E-state index contributed by atoms with van der Waals surface area (Å²) in [5, 5.41) is 12.4. The Bertz CT molecular complexity index is 1560. The minimum absolute atomic E-state index is 0.00483. The molecule has 4 rings (SSSR count). The molecular weight excluding hydrogens is 456 g/mol. The first-order valence-electron chi connectivity index (χ1n) is 11.3. The first-order valence-corrected chi connectivity index (χ1v) is 11.3. The van der Waals surface area contributed by atoms with Gasteiger partial charge in [-0.3, -0.25) is 14.0 Å². The summed E-state index contributed by atoms with van der Waals surface area (Å²) in [4.78, 5) is 30.9. The molecule has 1 amide bonds. The molecule has 36 heavy (non-hydrogen) atoms. The van der Waals surface area contributed by atoms with Gasteiger partial charge >= 0.3 is 0 Å². The number of carbonyl (C=O) groups is 1. The van der Waals surface area contributed by atoms with Crippen molar-refractivity contribution in [3.63, 3.8) is 0 Å². The van der Waals surface area contributed by atoms with E-state index >= 15 is 0 Å². The molecule has 2 aromatic carbocycles. The van der Waals surface area contributed by atoms with Crippen molar-refractivity contribution in [3.05, 3.63) is 99.5 Å². The Morgan fingerprint density at radius 3 is 2.50 bits per heavy atom. The number of benzene rings is 2. The number of rotatable bonds is 7. The highest BCUT2D eigenvalue weighted by molar-refractivity contribution is 6.09. The Morgan fingerprint density at radius 1 is 1.08 bits per heavy atom. The third-order valence-corrected chi connectivity index (χ3v) is 5.43. The number of aromatic nitrogens is 2. The number of hydrogen-bond acceptors (Lipinski definition) is 6. The van der Waals surface area contributed by atoms with Crippen LogP contribution in [0.4, 0.5) is 5.69 Å². The molecule has 180 valence electrons. The van der Waals surface area contributed by atoms with Gasteiger partial charge in [0.25, 0.3) is 11.5 Å². The maximum atomic E-state index is 13.5. The number of pyridine rings is 1. The first-order chi connectivity index (χ1) is 17.4. The second-order valence-corrected chi connectivity index (χ2v) is 7.97. The van der Waals surface area contributed by atoms with Crippen LogP contribution in [0.15, 0.2) is 77.2 Å². The molecule has 0 aliphatic rings. The number of anilines is 1. The van der Waals surface area contributed by atoms with E-state index in [0.717, 1.165) is 11.1 Å². The number of para-hydroxylation sites is 1. The summed E-state index contributed by atoms with van der Waals surface area (Å²) in [7, 11) is 0. The smallest absolute Gasteiger partial charge is 0.269 e. The Kier molecular flexibility index (Phi) is 7.12. The van der Waals surface area contributed by atoms with Gasteiger partial charge in [-0.15, -0.1) is 0 Å². The van der Waals surface area contributed by atoms with Crippen molar-refractivity contribution in [2.24, 2.45) is 0 Å². The minimum Gasteiger partial charge on any atom is -0.494 e. The molecule has 0 aliphatic heterocycles. The zero-order chi connectivity index (χ0) is 25.7. The molecule has 0 radical (unpaired) electrons. The molecule has 0 saturated heterocycles. The monoisotopic (exact) mass is 480 g/mol. The molecular formula is C28H24N4O4. The summed E-state index contributed by atoms with van der Waals surface area (Å²) < 4.78 is 12.8. The Hall–Kier alpha value is -4.90. The molecule has 0 unspecified atom stereocenters. The van der Waals surface area contributed by atoms with Gasteiger partial charge < -0.3 is 14.8 Å². The van der Waals surface area contributed by atoms with Crippen molar-refractivity contribution in [2.45, 2.75) is 20.8 Å². The standard InChI is InChI=1S/C28H24N4O4/c1-4-35-22-13-11-21(12-14-22)30-26(33)20(17-29)16-23-27(36-24-10-6-5-8-18(24)2)31-25-19(3)9-7-15-32(25)28(23)34/h5-16H,4H2,1-3H3,(H,30,33). The minimum atomic E-state index is -0.669. The maximum Gasteiger partial charge on any atom is 0.269 e. The fourth-order valence-corrected chi connectivity index (χ4v) is 3.56. The lowest BCUT2D eigenvalue weighted by molar-refractivity contribution is -0.112.